The monoisotopic (exact) mass is 553 g/mol. The van der Waals surface area contributed by atoms with E-state index in [1.807, 2.05) is 13.8 Å². The Balaban J connectivity index is 1.69. The zero-order valence-corrected chi connectivity index (χ0v) is 23.7. The molecule has 1 amide bonds. The molecule has 2 heterocycles. The first-order valence-corrected chi connectivity index (χ1v) is 14.2. The van der Waals surface area contributed by atoms with Crippen molar-refractivity contribution in [2.75, 3.05) is 52.6 Å². The molecule has 3 N–H and O–H groups in total. The molecule has 0 aromatic heterocycles. The number of phenols is 1. The highest BCUT2D eigenvalue weighted by atomic mass is 16.5. The van der Waals surface area contributed by atoms with Crippen LogP contribution < -0.4 is 14.4 Å². The molecule has 0 aliphatic carbocycles. The van der Waals surface area contributed by atoms with Crippen LogP contribution in [0.15, 0.2) is 42.0 Å². The van der Waals surface area contributed by atoms with E-state index < -0.39 is 17.7 Å². The summed E-state index contributed by atoms with van der Waals surface area (Å²) >= 11 is 0. The Bertz CT molecular complexity index is 1240. The van der Waals surface area contributed by atoms with Gasteiger partial charge in [0.25, 0.3) is 11.7 Å². The van der Waals surface area contributed by atoms with Crippen molar-refractivity contribution < 1.29 is 38.9 Å². The lowest BCUT2D eigenvalue weighted by Crippen LogP contribution is -3.14. The Kier molecular flexibility index (Phi) is 10.1. The molecule has 2 saturated heterocycles. The summed E-state index contributed by atoms with van der Waals surface area (Å²) in [6.45, 7) is 11.2. The Morgan fingerprint density at radius 2 is 1.82 bits per heavy atom. The van der Waals surface area contributed by atoms with Gasteiger partial charge in [0, 0.05) is 18.5 Å². The number of aliphatic hydroxyl groups is 1. The van der Waals surface area contributed by atoms with Gasteiger partial charge in [0.15, 0.2) is 11.5 Å². The van der Waals surface area contributed by atoms with E-state index in [1.165, 1.54) is 15.9 Å². The van der Waals surface area contributed by atoms with Crippen LogP contribution in [0.4, 0.5) is 0 Å². The minimum Gasteiger partial charge on any atom is -0.507 e. The molecule has 4 rings (SSSR count). The number of rotatable bonds is 12. The Labute approximate surface area is 235 Å². The van der Waals surface area contributed by atoms with E-state index in [0.717, 1.165) is 51.3 Å². The third-order valence-electron chi connectivity index (χ3n) is 7.47. The summed E-state index contributed by atoms with van der Waals surface area (Å²) in [5.74, 6) is -0.675. The second kappa shape index (κ2) is 13.7. The minimum absolute atomic E-state index is 0.0240. The maximum atomic E-state index is 13.4. The second-order valence-electron chi connectivity index (χ2n) is 10.3. The van der Waals surface area contributed by atoms with Crippen LogP contribution in [0.25, 0.3) is 5.76 Å². The van der Waals surface area contributed by atoms with Crippen molar-refractivity contribution >= 4 is 17.4 Å². The summed E-state index contributed by atoms with van der Waals surface area (Å²) in [7, 11) is 0. The Morgan fingerprint density at radius 1 is 1.05 bits per heavy atom. The number of carbonyl (C=O) groups excluding carboxylic acids is 2. The maximum absolute atomic E-state index is 13.4. The highest BCUT2D eigenvalue weighted by Gasteiger charge is 2.46. The van der Waals surface area contributed by atoms with Crippen molar-refractivity contribution in [2.45, 2.75) is 46.1 Å². The fourth-order valence-corrected chi connectivity index (χ4v) is 5.28. The summed E-state index contributed by atoms with van der Waals surface area (Å²) in [5, 5.41) is 21.8. The molecule has 40 heavy (non-hydrogen) atoms. The maximum Gasteiger partial charge on any atom is 0.295 e. The second-order valence-corrected chi connectivity index (χ2v) is 10.3. The molecule has 2 aromatic carbocycles. The van der Waals surface area contributed by atoms with Crippen LogP contribution in [-0.4, -0.2) is 79.4 Å². The Hall–Kier alpha value is -3.56. The number of nitrogens with zero attached hydrogens (tertiary/aromatic N) is 1. The van der Waals surface area contributed by atoms with Gasteiger partial charge in [-0.2, -0.15) is 0 Å². The lowest BCUT2D eigenvalue weighted by Gasteiger charge is -2.28. The third-order valence-corrected chi connectivity index (χ3v) is 7.47. The molecule has 0 saturated carbocycles. The average Bonchev–Trinajstić information content (AvgIpc) is 3.20. The van der Waals surface area contributed by atoms with Gasteiger partial charge in [-0.1, -0.05) is 19.4 Å². The summed E-state index contributed by atoms with van der Waals surface area (Å²) in [6, 6.07) is 9.23. The van der Waals surface area contributed by atoms with E-state index in [-0.39, 0.29) is 22.8 Å². The Morgan fingerprint density at radius 3 is 2.52 bits per heavy atom. The van der Waals surface area contributed by atoms with Crippen molar-refractivity contribution in [3.8, 4) is 17.2 Å². The number of phenolic OH excluding ortho intramolecular Hbond substituents is 1. The van der Waals surface area contributed by atoms with Crippen LogP contribution >= 0.6 is 0 Å². The molecule has 2 aromatic rings. The van der Waals surface area contributed by atoms with Crippen LogP contribution in [0.3, 0.4) is 0 Å². The normalized spacial score (nSPS) is 19.3. The van der Waals surface area contributed by atoms with Gasteiger partial charge in [-0.3, -0.25) is 9.59 Å². The largest absolute Gasteiger partial charge is 0.507 e. The van der Waals surface area contributed by atoms with Gasteiger partial charge in [-0.05, 0) is 61.7 Å². The number of ketones is 1. The lowest BCUT2D eigenvalue weighted by atomic mass is 9.94. The van der Waals surface area contributed by atoms with E-state index in [2.05, 4.69) is 6.92 Å². The zero-order chi connectivity index (χ0) is 28.6. The number of ether oxygens (including phenoxy) is 3. The molecule has 2 aliphatic rings. The molecule has 0 radical (unpaired) electrons. The fraction of sp³-hybridized carbons (Fsp3) is 0.484. The van der Waals surface area contributed by atoms with E-state index in [1.54, 1.807) is 30.3 Å². The van der Waals surface area contributed by atoms with Gasteiger partial charge in [0.2, 0.25) is 0 Å². The minimum atomic E-state index is -0.819. The predicted octanol–water partition coefficient (Wildman–Crippen LogP) is 3.01. The van der Waals surface area contributed by atoms with E-state index in [9.17, 15) is 19.8 Å². The average molecular weight is 554 g/mol. The summed E-state index contributed by atoms with van der Waals surface area (Å²) in [6.07, 6.45) is 2.65. The highest BCUT2D eigenvalue weighted by Crippen LogP contribution is 2.42. The number of Topliss-reactive ketones (excluding diaryl/α,β-unsaturated/α-hetero) is 1. The number of nitrogens with one attached hydrogen (secondary N) is 1. The van der Waals surface area contributed by atoms with Crippen molar-refractivity contribution in [3.63, 3.8) is 0 Å². The van der Waals surface area contributed by atoms with Crippen molar-refractivity contribution in [3.05, 3.63) is 58.7 Å². The number of hydrogen-bond donors (Lipinski definition) is 3. The first kappa shape index (κ1) is 29.4. The molecule has 2 fully saturated rings. The molecular formula is C31H41N2O7+. The molecule has 2 aliphatic heterocycles. The van der Waals surface area contributed by atoms with Crippen LogP contribution in [0.5, 0.6) is 17.2 Å². The van der Waals surface area contributed by atoms with E-state index >= 15 is 0 Å². The SMILES string of the molecule is CCCCOc1ccc(C(O)=C2C(=O)C(=O)N(CCC[NH+]3CCOCC3)[C@@H]2c2ccc(O)c(OCC)c2)cc1C. The molecule has 1 atom stereocenters. The van der Waals surface area contributed by atoms with Gasteiger partial charge in [0.05, 0.1) is 44.6 Å². The van der Waals surface area contributed by atoms with Crippen molar-refractivity contribution in [1.29, 1.82) is 0 Å². The predicted molar refractivity (Wildman–Crippen MR) is 151 cm³/mol. The van der Waals surface area contributed by atoms with Gasteiger partial charge in [-0.15, -0.1) is 0 Å². The molecule has 216 valence electrons. The van der Waals surface area contributed by atoms with Gasteiger partial charge >= 0.3 is 0 Å². The lowest BCUT2D eigenvalue weighted by molar-refractivity contribution is -0.908. The summed E-state index contributed by atoms with van der Waals surface area (Å²) in [4.78, 5) is 29.7. The first-order valence-electron chi connectivity index (χ1n) is 14.2. The third kappa shape index (κ3) is 6.59. The highest BCUT2D eigenvalue weighted by molar-refractivity contribution is 6.46. The van der Waals surface area contributed by atoms with E-state index in [4.69, 9.17) is 14.2 Å². The standard InChI is InChI=1S/C31H40N2O7/c1-4-6-16-40-25-11-9-23(19-21(25)3)29(35)27-28(22-8-10-24(34)26(20-22)39-5-2)33(31(37)30(27)36)13-7-12-32-14-17-38-18-15-32/h8-11,19-20,28,34-35H,4-7,12-18H2,1-3H3/p+1/t28-/m1/s1. The number of benzene rings is 2. The number of aryl methyl sites for hydroxylation is 1. The number of likely N-dealkylation sites (tertiary alicyclic amines) is 1. The molecular weight excluding hydrogens is 512 g/mol. The fourth-order valence-electron chi connectivity index (χ4n) is 5.28. The van der Waals surface area contributed by atoms with Crippen LogP contribution in [-0.2, 0) is 14.3 Å². The van der Waals surface area contributed by atoms with Crippen LogP contribution in [0.1, 0.15) is 55.8 Å². The number of amides is 1. The molecule has 0 spiro atoms. The number of aliphatic hydroxyl groups excluding tert-OH is 1. The summed E-state index contributed by atoms with van der Waals surface area (Å²) in [5.41, 5.74) is 1.86. The van der Waals surface area contributed by atoms with E-state index in [0.29, 0.717) is 43.1 Å². The molecule has 0 unspecified atom stereocenters. The molecule has 0 bridgehead atoms. The summed E-state index contributed by atoms with van der Waals surface area (Å²) < 4.78 is 16.9. The smallest absolute Gasteiger partial charge is 0.295 e. The van der Waals surface area contributed by atoms with Gasteiger partial charge in [-0.25, -0.2) is 0 Å². The quantitative estimate of drug-likeness (QED) is 0.160. The number of aromatic hydroxyl groups is 1. The first-order chi connectivity index (χ1) is 19.3. The topological polar surface area (TPSA) is 110 Å². The number of quaternary nitrogens is 1. The van der Waals surface area contributed by atoms with Crippen LogP contribution in [0.2, 0.25) is 0 Å². The number of unbranched alkanes of at least 4 members (excludes halogenated alkanes) is 1. The molecule has 9 nitrogen and oxygen atoms in total. The van der Waals surface area contributed by atoms with Gasteiger partial charge < -0.3 is 34.2 Å². The number of morpholine rings is 1. The van der Waals surface area contributed by atoms with Crippen LogP contribution in [0, 0.1) is 6.92 Å². The molecule has 9 heteroatoms. The number of carbonyl (C=O) groups is 2. The van der Waals surface area contributed by atoms with Gasteiger partial charge in [0.1, 0.15) is 24.6 Å². The van der Waals surface area contributed by atoms with Crippen molar-refractivity contribution in [2.24, 2.45) is 0 Å². The number of hydrogen-bond acceptors (Lipinski definition) is 7. The van der Waals surface area contributed by atoms with Crippen molar-refractivity contribution in [1.82, 2.24) is 4.90 Å². The zero-order valence-electron chi connectivity index (χ0n) is 23.7.